The topological polar surface area (TPSA) is 106 Å². The SMILES string of the molecule is Cc1cccc(C2COc3cc(O)ccc3C2c2ccc(N3CCC(CN4CCN(c5ccc6c(c5)CN(C5CCC(=O)NC5=O)C6=O)CC4)CC3)cc2)c1. The Kier molecular flexibility index (Phi) is 9.46. The summed E-state index contributed by atoms with van der Waals surface area (Å²) in [5.41, 5.74) is 8.92. The van der Waals surface area contributed by atoms with Gasteiger partial charge < -0.3 is 24.5 Å². The van der Waals surface area contributed by atoms with Gasteiger partial charge in [-0.25, -0.2) is 0 Å². The fraction of sp³-hybridized carbons (Fsp3) is 0.400. The van der Waals surface area contributed by atoms with Crippen molar-refractivity contribution < 1.29 is 24.2 Å². The van der Waals surface area contributed by atoms with E-state index in [1.165, 1.54) is 35.2 Å². The van der Waals surface area contributed by atoms with Crippen LogP contribution in [0.4, 0.5) is 11.4 Å². The number of piperidine rings is 2. The van der Waals surface area contributed by atoms with Gasteiger partial charge in [0.15, 0.2) is 0 Å². The van der Waals surface area contributed by atoms with Gasteiger partial charge in [-0.15, -0.1) is 0 Å². The molecule has 9 rings (SSSR count). The lowest BCUT2D eigenvalue weighted by molar-refractivity contribution is -0.136. The van der Waals surface area contributed by atoms with Gasteiger partial charge in [0, 0.05) is 99.2 Å². The van der Waals surface area contributed by atoms with E-state index in [4.69, 9.17) is 4.74 Å². The minimum Gasteiger partial charge on any atom is -0.508 e. The summed E-state index contributed by atoms with van der Waals surface area (Å²) in [6.45, 7) is 10.3. The molecule has 5 heterocycles. The number of imide groups is 1. The summed E-state index contributed by atoms with van der Waals surface area (Å²) in [5.74, 6) is 1.21. The predicted octanol–water partition coefficient (Wildman–Crippen LogP) is 5.81. The zero-order valence-electron chi connectivity index (χ0n) is 31.5. The number of rotatable bonds is 7. The Balaban J connectivity index is 0.785. The van der Waals surface area contributed by atoms with Gasteiger partial charge in [0.25, 0.3) is 5.91 Å². The highest BCUT2D eigenvalue weighted by atomic mass is 16.5. The Morgan fingerprint density at radius 2 is 1.55 bits per heavy atom. The highest BCUT2D eigenvalue weighted by Gasteiger charge is 2.39. The van der Waals surface area contributed by atoms with Crippen LogP contribution in [0.3, 0.4) is 0 Å². The van der Waals surface area contributed by atoms with E-state index in [9.17, 15) is 19.5 Å². The zero-order valence-corrected chi connectivity index (χ0v) is 31.5. The van der Waals surface area contributed by atoms with Crippen LogP contribution in [-0.4, -0.2) is 91.1 Å². The molecule has 10 nitrogen and oxygen atoms in total. The van der Waals surface area contributed by atoms with Crippen molar-refractivity contribution >= 4 is 29.1 Å². The number of hydrogen-bond donors (Lipinski definition) is 2. The molecule has 0 bridgehead atoms. The largest absolute Gasteiger partial charge is 0.508 e. The summed E-state index contributed by atoms with van der Waals surface area (Å²) in [6.07, 6.45) is 2.99. The third-order valence-corrected chi connectivity index (χ3v) is 12.6. The number of phenolic OH excluding ortho intramolecular Hbond substituents is 1. The summed E-state index contributed by atoms with van der Waals surface area (Å²) >= 11 is 0. The van der Waals surface area contributed by atoms with Crippen molar-refractivity contribution in [1.82, 2.24) is 15.1 Å². The second-order valence-corrected chi connectivity index (χ2v) is 16.1. The number of phenols is 1. The van der Waals surface area contributed by atoms with Crippen LogP contribution in [0.2, 0.25) is 0 Å². The first-order chi connectivity index (χ1) is 26.8. The van der Waals surface area contributed by atoms with E-state index in [1.54, 1.807) is 17.0 Å². The van der Waals surface area contributed by atoms with E-state index in [-0.39, 0.29) is 41.7 Å². The molecule has 3 fully saturated rings. The van der Waals surface area contributed by atoms with Crippen LogP contribution in [0, 0.1) is 12.8 Å². The summed E-state index contributed by atoms with van der Waals surface area (Å²) in [6, 6.07) is 28.9. The van der Waals surface area contributed by atoms with Gasteiger partial charge in [-0.3, -0.25) is 24.6 Å². The molecule has 3 amide bonds. The van der Waals surface area contributed by atoms with E-state index in [1.807, 2.05) is 18.2 Å². The Morgan fingerprint density at radius 3 is 2.31 bits per heavy atom. The lowest BCUT2D eigenvalue weighted by atomic mass is 9.75. The molecular weight excluding hydrogens is 691 g/mol. The molecule has 0 saturated carbocycles. The number of aromatic hydroxyl groups is 1. The summed E-state index contributed by atoms with van der Waals surface area (Å²) < 4.78 is 6.21. The summed E-state index contributed by atoms with van der Waals surface area (Å²) in [4.78, 5) is 46.4. The lowest BCUT2D eigenvalue weighted by Crippen LogP contribution is -2.52. The van der Waals surface area contributed by atoms with Gasteiger partial charge in [-0.1, -0.05) is 48.0 Å². The molecule has 284 valence electrons. The number of benzene rings is 4. The van der Waals surface area contributed by atoms with Gasteiger partial charge in [-0.05, 0) is 85.2 Å². The monoisotopic (exact) mass is 739 g/mol. The molecule has 0 radical (unpaired) electrons. The maximum atomic E-state index is 13.2. The van der Waals surface area contributed by atoms with Crippen molar-refractivity contribution in [3.05, 3.63) is 118 Å². The Morgan fingerprint density at radius 1 is 0.782 bits per heavy atom. The number of fused-ring (bicyclic) bond motifs is 2. The van der Waals surface area contributed by atoms with Gasteiger partial charge in [-0.2, -0.15) is 0 Å². The number of amides is 3. The van der Waals surface area contributed by atoms with E-state index >= 15 is 0 Å². The highest BCUT2D eigenvalue weighted by Crippen LogP contribution is 2.47. The van der Waals surface area contributed by atoms with Crippen LogP contribution in [0.5, 0.6) is 11.5 Å². The second-order valence-electron chi connectivity index (χ2n) is 16.1. The van der Waals surface area contributed by atoms with E-state index < -0.39 is 6.04 Å². The van der Waals surface area contributed by atoms with E-state index in [2.05, 4.69) is 81.5 Å². The average Bonchev–Trinajstić information content (AvgIpc) is 3.52. The molecule has 10 heteroatoms. The number of aryl methyl sites for hydroxylation is 1. The molecule has 0 spiro atoms. The van der Waals surface area contributed by atoms with Gasteiger partial charge in [0.05, 0.1) is 6.61 Å². The van der Waals surface area contributed by atoms with Crippen LogP contribution in [-0.2, 0) is 16.1 Å². The first-order valence-corrected chi connectivity index (χ1v) is 19.9. The van der Waals surface area contributed by atoms with Crippen LogP contribution in [0.25, 0.3) is 0 Å². The van der Waals surface area contributed by atoms with Crippen LogP contribution < -0.4 is 19.9 Å². The fourth-order valence-electron chi connectivity index (χ4n) is 9.58. The number of anilines is 2. The number of ether oxygens (including phenoxy) is 1. The molecular formula is C45H49N5O5. The Bertz CT molecular complexity index is 2100. The minimum absolute atomic E-state index is 0.125. The van der Waals surface area contributed by atoms with Crippen molar-refractivity contribution in [2.24, 2.45) is 5.92 Å². The molecule has 3 saturated heterocycles. The molecule has 5 aliphatic heterocycles. The van der Waals surface area contributed by atoms with Crippen molar-refractivity contribution in [2.45, 2.75) is 57.0 Å². The van der Waals surface area contributed by atoms with Gasteiger partial charge >= 0.3 is 0 Å². The third-order valence-electron chi connectivity index (χ3n) is 12.6. The van der Waals surface area contributed by atoms with Crippen molar-refractivity contribution in [1.29, 1.82) is 0 Å². The summed E-state index contributed by atoms with van der Waals surface area (Å²) in [5, 5.41) is 12.6. The number of nitrogens with one attached hydrogen (secondary N) is 1. The maximum Gasteiger partial charge on any atom is 0.255 e. The highest BCUT2D eigenvalue weighted by molar-refractivity contribution is 6.05. The molecule has 4 aromatic rings. The van der Waals surface area contributed by atoms with E-state index in [0.717, 1.165) is 68.4 Å². The number of piperazine rings is 1. The Labute approximate surface area is 322 Å². The van der Waals surface area contributed by atoms with Gasteiger partial charge in [0.2, 0.25) is 11.8 Å². The van der Waals surface area contributed by atoms with Gasteiger partial charge in [0.1, 0.15) is 17.5 Å². The standard InChI is InChI=1S/C45H49N5O5/c1-29-3-2-4-32(23-29)39-28-55-41-25-36(51)10-12-38(41)43(39)31-5-7-34(8-6-31)48-17-15-30(16-18-48)26-47-19-21-49(22-20-47)35-9-11-37-33(24-35)27-50(45(37)54)40-13-14-42(52)46-44(40)53/h2-12,23-25,30,39-40,43,51H,13-22,26-28H2,1H3,(H,46,52,53). The molecule has 3 atom stereocenters. The Hall–Kier alpha value is -5.35. The molecule has 55 heavy (non-hydrogen) atoms. The normalized spacial score (nSPS) is 23.3. The van der Waals surface area contributed by atoms with Crippen molar-refractivity contribution in [3.8, 4) is 11.5 Å². The summed E-state index contributed by atoms with van der Waals surface area (Å²) in [7, 11) is 0. The number of hydrogen-bond acceptors (Lipinski definition) is 8. The van der Waals surface area contributed by atoms with Crippen LogP contribution in [0.15, 0.2) is 84.9 Å². The first kappa shape index (κ1) is 35.4. The first-order valence-electron chi connectivity index (χ1n) is 19.9. The molecule has 2 N–H and O–H groups in total. The average molecular weight is 740 g/mol. The molecule has 0 aromatic heterocycles. The third kappa shape index (κ3) is 7.04. The molecule has 4 aromatic carbocycles. The van der Waals surface area contributed by atoms with E-state index in [0.29, 0.717) is 31.1 Å². The quantitative estimate of drug-likeness (QED) is 0.229. The zero-order chi connectivity index (χ0) is 37.6. The maximum absolute atomic E-state index is 13.2. The fourth-order valence-corrected chi connectivity index (χ4v) is 9.58. The smallest absolute Gasteiger partial charge is 0.255 e. The second kappa shape index (κ2) is 14.7. The molecule has 5 aliphatic rings. The molecule has 0 aliphatic carbocycles. The van der Waals surface area contributed by atoms with Crippen molar-refractivity contribution in [3.63, 3.8) is 0 Å². The van der Waals surface area contributed by atoms with Crippen LogP contribution in [0.1, 0.15) is 75.7 Å². The number of nitrogens with zero attached hydrogens (tertiary/aromatic N) is 4. The van der Waals surface area contributed by atoms with Crippen LogP contribution >= 0.6 is 0 Å². The predicted molar refractivity (Wildman–Crippen MR) is 212 cm³/mol. The number of carbonyl (C=O) groups excluding carboxylic acids is 3. The lowest BCUT2D eigenvalue weighted by Gasteiger charge is -2.40. The minimum atomic E-state index is -0.590. The number of carbonyl (C=O) groups is 3. The molecule has 3 unspecified atom stereocenters. The van der Waals surface area contributed by atoms with Crippen molar-refractivity contribution in [2.75, 3.05) is 62.2 Å².